The van der Waals surface area contributed by atoms with Crippen LogP contribution >= 0.6 is 0 Å². The monoisotopic (exact) mass is 448 g/mol. The molecule has 3 rings (SSSR count). The Morgan fingerprint density at radius 1 is 1.12 bits per heavy atom. The largest absolute Gasteiger partial charge is 0.490 e. The van der Waals surface area contributed by atoms with Crippen LogP contribution in [0.1, 0.15) is 36.7 Å². The number of ether oxygens (including phenoxy) is 2. The fourth-order valence-electron chi connectivity index (χ4n) is 2.83. The second-order valence-electron chi connectivity index (χ2n) is 7.32. The van der Waals surface area contributed by atoms with Gasteiger partial charge in [-0.25, -0.2) is 9.67 Å². The third-order valence-corrected chi connectivity index (χ3v) is 4.32. The van der Waals surface area contributed by atoms with Crippen molar-refractivity contribution < 1.29 is 27.4 Å². The lowest BCUT2D eigenvalue weighted by Gasteiger charge is -2.16. The number of hydrogen-bond donors (Lipinski definition) is 1. The first-order valence-corrected chi connectivity index (χ1v) is 9.96. The normalized spacial score (nSPS) is 11.5. The van der Waals surface area contributed by atoms with Crippen LogP contribution in [0, 0.1) is 5.92 Å². The summed E-state index contributed by atoms with van der Waals surface area (Å²) in [6, 6.07) is 7.63. The number of hydrogen-bond acceptors (Lipinski definition) is 5. The van der Waals surface area contributed by atoms with Crippen molar-refractivity contribution in [1.29, 1.82) is 0 Å². The van der Waals surface area contributed by atoms with E-state index in [0.29, 0.717) is 30.6 Å². The van der Waals surface area contributed by atoms with Gasteiger partial charge in [0.2, 0.25) is 0 Å². The van der Waals surface area contributed by atoms with E-state index in [0.717, 1.165) is 12.1 Å². The second-order valence-corrected chi connectivity index (χ2v) is 7.32. The molecule has 0 aliphatic rings. The van der Waals surface area contributed by atoms with Gasteiger partial charge < -0.3 is 14.8 Å². The minimum atomic E-state index is -4.57. The zero-order chi connectivity index (χ0) is 23.3. The highest BCUT2D eigenvalue weighted by atomic mass is 19.4. The predicted octanol–water partition coefficient (Wildman–Crippen LogP) is 4.97. The maximum absolute atomic E-state index is 13.2. The number of carbonyl (C=O) groups is 1. The van der Waals surface area contributed by atoms with Gasteiger partial charge in [0.15, 0.2) is 11.5 Å². The molecule has 1 N–H and O–H groups in total. The van der Waals surface area contributed by atoms with E-state index >= 15 is 0 Å². The molecule has 0 spiro atoms. The summed E-state index contributed by atoms with van der Waals surface area (Å²) >= 11 is 0. The number of alkyl halides is 3. The average Bonchev–Trinajstić information content (AvgIpc) is 3.27. The van der Waals surface area contributed by atoms with Crippen LogP contribution in [0.2, 0.25) is 0 Å². The summed E-state index contributed by atoms with van der Waals surface area (Å²) in [6.45, 7) is 6.63. The number of halogens is 3. The Labute approximate surface area is 183 Å². The van der Waals surface area contributed by atoms with Gasteiger partial charge in [-0.05, 0) is 49.2 Å². The number of nitrogens with one attached hydrogen (secondary N) is 1. The maximum atomic E-state index is 13.2. The maximum Gasteiger partial charge on any atom is 0.416 e. The first-order chi connectivity index (χ1) is 15.2. The van der Waals surface area contributed by atoms with Crippen LogP contribution in [-0.2, 0) is 6.18 Å². The summed E-state index contributed by atoms with van der Waals surface area (Å²) in [5, 5.41) is 6.48. The van der Waals surface area contributed by atoms with E-state index in [-0.39, 0.29) is 16.9 Å². The molecule has 0 aliphatic carbocycles. The highest BCUT2D eigenvalue weighted by molar-refractivity contribution is 6.05. The van der Waals surface area contributed by atoms with E-state index in [4.69, 9.17) is 9.47 Å². The van der Waals surface area contributed by atoms with Crippen LogP contribution < -0.4 is 14.8 Å². The third-order valence-electron chi connectivity index (χ3n) is 4.32. The summed E-state index contributed by atoms with van der Waals surface area (Å²) < 4.78 is 52.3. The molecule has 0 bridgehead atoms. The molecule has 0 unspecified atom stereocenters. The number of amides is 1. The van der Waals surface area contributed by atoms with Gasteiger partial charge in [0.1, 0.15) is 12.7 Å². The van der Waals surface area contributed by atoms with Gasteiger partial charge in [-0.1, -0.05) is 13.8 Å². The van der Waals surface area contributed by atoms with E-state index in [1.165, 1.54) is 35.5 Å². The molecule has 0 aliphatic heterocycles. The number of anilines is 1. The Kier molecular flexibility index (Phi) is 7.01. The molecule has 1 aromatic heterocycles. The van der Waals surface area contributed by atoms with Crippen molar-refractivity contribution in [1.82, 2.24) is 14.8 Å². The van der Waals surface area contributed by atoms with Crippen LogP contribution in [0.4, 0.5) is 18.9 Å². The molecule has 170 valence electrons. The number of rotatable bonds is 8. The molecular weight excluding hydrogens is 425 g/mol. The number of benzene rings is 2. The Morgan fingerprint density at radius 2 is 1.91 bits per heavy atom. The molecule has 0 radical (unpaired) electrons. The van der Waals surface area contributed by atoms with E-state index in [2.05, 4.69) is 15.4 Å². The Bertz CT molecular complexity index is 1070. The van der Waals surface area contributed by atoms with Gasteiger partial charge in [0.05, 0.1) is 30.2 Å². The molecule has 0 fully saturated rings. The van der Waals surface area contributed by atoms with Crippen molar-refractivity contribution in [2.75, 3.05) is 18.5 Å². The lowest BCUT2D eigenvalue weighted by atomic mass is 10.1. The van der Waals surface area contributed by atoms with Crippen LogP contribution in [0.25, 0.3) is 5.69 Å². The number of nitrogens with zero attached hydrogens (tertiary/aromatic N) is 3. The highest BCUT2D eigenvalue weighted by Gasteiger charge is 2.31. The topological polar surface area (TPSA) is 78.3 Å². The van der Waals surface area contributed by atoms with Crippen LogP contribution in [-0.4, -0.2) is 33.9 Å². The van der Waals surface area contributed by atoms with Crippen molar-refractivity contribution in [2.24, 2.45) is 5.92 Å². The standard InChI is InChI=1S/C22H23F3N4O3/c1-4-31-20-9-15(5-8-19(20)32-11-14(2)3)21(30)28-17-10-16(22(23,24)25)6-7-18(17)29-13-26-12-27-29/h5-10,12-14H,4,11H2,1-3H3,(H,28,30). The van der Waals surface area contributed by atoms with E-state index in [1.54, 1.807) is 13.0 Å². The van der Waals surface area contributed by atoms with E-state index in [1.807, 2.05) is 13.8 Å². The van der Waals surface area contributed by atoms with Gasteiger partial charge in [-0.2, -0.15) is 18.3 Å². The molecule has 1 amide bonds. The van der Waals surface area contributed by atoms with E-state index in [9.17, 15) is 18.0 Å². The van der Waals surface area contributed by atoms with Crippen molar-refractivity contribution in [3.8, 4) is 17.2 Å². The Hall–Kier alpha value is -3.56. The van der Waals surface area contributed by atoms with Gasteiger partial charge >= 0.3 is 6.18 Å². The molecule has 10 heteroatoms. The molecule has 3 aromatic rings. The quantitative estimate of drug-likeness (QED) is 0.526. The van der Waals surface area contributed by atoms with Crippen LogP contribution in [0.15, 0.2) is 49.1 Å². The summed E-state index contributed by atoms with van der Waals surface area (Å²) in [5.41, 5.74) is -0.518. The third kappa shape index (κ3) is 5.57. The Morgan fingerprint density at radius 3 is 2.53 bits per heavy atom. The molecule has 1 heterocycles. The van der Waals surface area contributed by atoms with Crippen molar-refractivity contribution in [3.05, 3.63) is 60.2 Å². The highest BCUT2D eigenvalue weighted by Crippen LogP contribution is 2.34. The zero-order valence-corrected chi connectivity index (χ0v) is 17.8. The molecule has 0 saturated carbocycles. The predicted molar refractivity (Wildman–Crippen MR) is 112 cm³/mol. The summed E-state index contributed by atoms with van der Waals surface area (Å²) in [5.74, 6) is 0.548. The lowest BCUT2D eigenvalue weighted by Crippen LogP contribution is -2.16. The van der Waals surface area contributed by atoms with Gasteiger partial charge in [-0.15, -0.1) is 0 Å². The number of carbonyl (C=O) groups excluding carboxylic acids is 1. The van der Waals surface area contributed by atoms with Crippen molar-refractivity contribution in [2.45, 2.75) is 26.9 Å². The number of aromatic nitrogens is 3. The molecular formula is C22H23F3N4O3. The minimum absolute atomic E-state index is 0.0616. The average molecular weight is 448 g/mol. The molecule has 0 atom stereocenters. The first-order valence-electron chi connectivity index (χ1n) is 9.96. The fourth-order valence-corrected chi connectivity index (χ4v) is 2.83. The fraction of sp³-hybridized carbons (Fsp3) is 0.318. The Balaban J connectivity index is 1.93. The van der Waals surface area contributed by atoms with Gasteiger partial charge in [0.25, 0.3) is 5.91 Å². The second kappa shape index (κ2) is 9.71. The lowest BCUT2D eigenvalue weighted by molar-refractivity contribution is -0.137. The SMILES string of the molecule is CCOc1cc(C(=O)Nc2cc(C(F)(F)F)ccc2-n2cncn2)ccc1OCC(C)C. The molecule has 2 aromatic carbocycles. The van der Waals surface area contributed by atoms with E-state index < -0.39 is 17.6 Å². The van der Waals surface area contributed by atoms with Gasteiger partial charge in [-0.3, -0.25) is 4.79 Å². The molecule has 7 nitrogen and oxygen atoms in total. The van der Waals surface area contributed by atoms with Crippen molar-refractivity contribution in [3.63, 3.8) is 0 Å². The van der Waals surface area contributed by atoms with Crippen molar-refractivity contribution >= 4 is 11.6 Å². The zero-order valence-electron chi connectivity index (χ0n) is 17.8. The molecule has 32 heavy (non-hydrogen) atoms. The molecule has 0 saturated heterocycles. The van der Waals surface area contributed by atoms with Crippen LogP contribution in [0.5, 0.6) is 11.5 Å². The minimum Gasteiger partial charge on any atom is -0.490 e. The summed E-state index contributed by atoms with van der Waals surface area (Å²) in [4.78, 5) is 16.7. The van der Waals surface area contributed by atoms with Crippen LogP contribution in [0.3, 0.4) is 0 Å². The summed E-state index contributed by atoms with van der Waals surface area (Å²) in [7, 11) is 0. The smallest absolute Gasteiger partial charge is 0.416 e. The summed E-state index contributed by atoms with van der Waals surface area (Å²) in [6.07, 6.45) is -2.00. The van der Waals surface area contributed by atoms with Gasteiger partial charge in [0, 0.05) is 5.56 Å². The first kappa shape index (κ1) is 23.1.